The predicted octanol–water partition coefficient (Wildman–Crippen LogP) is 3.45. The summed E-state index contributed by atoms with van der Waals surface area (Å²) in [7, 11) is 0. The Morgan fingerprint density at radius 3 is 2.56 bits per heavy atom. The van der Waals surface area contributed by atoms with Gasteiger partial charge in [-0.2, -0.15) is 0 Å². The van der Waals surface area contributed by atoms with E-state index in [1.165, 1.54) is 11.5 Å². The van der Waals surface area contributed by atoms with Gasteiger partial charge in [-0.05, 0) is 5.75 Å². The SMILES string of the molecule is CCSc1nnc(SCc2nnsc2Cl)s1. The fourth-order valence-electron chi connectivity index (χ4n) is 0.851. The van der Waals surface area contributed by atoms with Crippen molar-refractivity contribution in [2.75, 3.05) is 5.75 Å². The number of hydrogen-bond donors (Lipinski definition) is 0. The van der Waals surface area contributed by atoms with Crippen molar-refractivity contribution in [1.29, 1.82) is 0 Å². The van der Waals surface area contributed by atoms with Crippen LogP contribution in [0.1, 0.15) is 12.6 Å². The maximum absolute atomic E-state index is 5.90. The standard InChI is InChI=1S/C7H7ClN4S4/c1-2-13-6-10-11-7(15-6)14-3-4-5(8)16-12-9-4/h2-3H2,1H3. The highest BCUT2D eigenvalue weighted by Crippen LogP contribution is 2.31. The summed E-state index contributed by atoms with van der Waals surface area (Å²) >= 11 is 12.0. The Bertz CT molecular complexity index is 457. The van der Waals surface area contributed by atoms with Crippen molar-refractivity contribution in [3.05, 3.63) is 10.0 Å². The van der Waals surface area contributed by atoms with E-state index in [0.29, 0.717) is 10.1 Å². The van der Waals surface area contributed by atoms with Crippen LogP contribution in [-0.2, 0) is 5.75 Å². The first-order chi connectivity index (χ1) is 7.79. The molecular formula is C7H7ClN4S4. The second kappa shape index (κ2) is 6.15. The first-order valence-corrected chi connectivity index (χ1v) is 8.29. The van der Waals surface area contributed by atoms with Gasteiger partial charge in [0.25, 0.3) is 0 Å². The molecule has 2 aromatic rings. The van der Waals surface area contributed by atoms with Gasteiger partial charge in [0.15, 0.2) is 8.68 Å². The Morgan fingerprint density at radius 1 is 1.19 bits per heavy atom. The van der Waals surface area contributed by atoms with E-state index in [0.717, 1.165) is 20.1 Å². The molecule has 86 valence electrons. The van der Waals surface area contributed by atoms with E-state index in [-0.39, 0.29) is 0 Å². The molecule has 0 bridgehead atoms. The minimum absolute atomic E-state index is 0.653. The van der Waals surface area contributed by atoms with Crippen LogP contribution in [0, 0.1) is 0 Å². The number of thioether (sulfide) groups is 2. The molecule has 2 rings (SSSR count). The third kappa shape index (κ3) is 3.30. The van der Waals surface area contributed by atoms with Crippen LogP contribution in [0.3, 0.4) is 0 Å². The van der Waals surface area contributed by atoms with Gasteiger partial charge in [-0.3, -0.25) is 0 Å². The summed E-state index contributed by atoms with van der Waals surface area (Å²) in [6, 6.07) is 0. The Morgan fingerprint density at radius 2 is 1.94 bits per heavy atom. The van der Waals surface area contributed by atoms with Crippen LogP contribution in [-0.4, -0.2) is 25.5 Å². The Kier molecular flexibility index (Phi) is 4.83. The van der Waals surface area contributed by atoms with Gasteiger partial charge in [-0.25, -0.2) is 0 Å². The summed E-state index contributed by atoms with van der Waals surface area (Å²) in [6.07, 6.45) is 0. The van der Waals surface area contributed by atoms with Gasteiger partial charge >= 0.3 is 0 Å². The highest BCUT2D eigenvalue weighted by molar-refractivity contribution is 8.02. The first-order valence-electron chi connectivity index (χ1n) is 4.35. The van der Waals surface area contributed by atoms with Crippen LogP contribution in [0.25, 0.3) is 0 Å². The molecule has 4 nitrogen and oxygen atoms in total. The molecule has 0 unspecified atom stereocenters. The average molecular weight is 311 g/mol. The lowest BCUT2D eigenvalue weighted by Crippen LogP contribution is -1.81. The van der Waals surface area contributed by atoms with Crippen molar-refractivity contribution >= 4 is 58.0 Å². The van der Waals surface area contributed by atoms with Crippen LogP contribution in [0.5, 0.6) is 0 Å². The van der Waals surface area contributed by atoms with Crippen molar-refractivity contribution in [2.45, 2.75) is 21.4 Å². The molecule has 0 amide bonds. The molecule has 0 saturated carbocycles. The minimum Gasteiger partial charge on any atom is -0.141 e. The Hall–Kier alpha value is 0.110. The normalized spacial score (nSPS) is 10.9. The zero-order chi connectivity index (χ0) is 11.4. The lowest BCUT2D eigenvalue weighted by atomic mass is 10.6. The molecule has 0 aromatic carbocycles. The van der Waals surface area contributed by atoms with Crippen molar-refractivity contribution in [2.24, 2.45) is 0 Å². The summed E-state index contributed by atoms with van der Waals surface area (Å²) in [5.74, 6) is 1.71. The second-order valence-corrected chi connectivity index (χ2v) is 7.62. The maximum atomic E-state index is 5.90. The summed E-state index contributed by atoms with van der Waals surface area (Å²) in [5.41, 5.74) is 0.816. The van der Waals surface area contributed by atoms with E-state index in [1.54, 1.807) is 34.9 Å². The van der Waals surface area contributed by atoms with Crippen LogP contribution in [0.2, 0.25) is 4.34 Å². The summed E-state index contributed by atoms with van der Waals surface area (Å²) in [5, 5.41) is 12.1. The number of aromatic nitrogens is 4. The molecule has 2 heterocycles. The zero-order valence-corrected chi connectivity index (χ0v) is 12.2. The Balaban J connectivity index is 1.92. The van der Waals surface area contributed by atoms with Crippen LogP contribution in [0.15, 0.2) is 8.68 Å². The molecule has 0 atom stereocenters. The van der Waals surface area contributed by atoms with Crippen molar-refractivity contribution in [1.82, 2.24) is 19.8 Å². The molecule has 0 aliphatic rings. The number of rotatable bonds is 5. The average Bonchev–Trinajstić information content (AvgIpc) is 2.86. The second-order valence-electron chi connectivity index (χ2n) is 2.55. The third-order valence-corrected chi connectivity index (χ3v) is 5.57. The molecule has 0 fully saturated rings. The molecule has 0 radical (unpaired) electrons. The quantitative estimate of drug-likeness (QED) is 0.788. The summed E-state index contributed by atoms with van der Waals surface area (Å²) in [6.45, 7) is 2.10. The van der Waals surface area contributed by atoms with E-state index >= 15 is 0 Å². The summed E-state index contributed by atoms with van der Waals surface area (Å²) < 4.78 is 6.38. The van der Waals surface area contributed by atoms with E-state index in [2.05, 4.69) is 26.7 Å². The van der Waals surface area contributed by atoms with Crippen LogP contribution < -0.4 is 0 Å². The molecule has 0 saturated heterocycles. The highest BCUT2D eigenvalue weighted by atomic mass is 35.5. The largest absolute Gasteiger partial charge is 0.175 e. The Labute approximate surface area is 114 Å². The maximum Gasteiger partial charge on any atom is 0.175 e. The van der Waals surface area contributed by atoms with E-state index in [9.17, 15) is 0 Å². The molecule has 16 heavy (non-hydrogen) atoms. The fourth-order valence-corrected chi connectivity index (χ4v) is 4.50. The molecular weight excluding hydrogens is 304 g/mol. The van der Waals surface area contributed by atoms with E-state index < -0.39 is 0 Å². The summed E-state index contributed by atoms with van der Waals surface area (Å²) in [4.78, 5) is 0. The van der Waals surface area contributed by atoms with Crippen molar-refractivity contribution in [3.8, 4) is 0 Å². The van der Waals surface area contributed by atoms with Crippen molar-refractivity contribution < 1.29 is 0 Å². The minimum atomic E-state index is 0.653. The molecule has 9 heteroatoms. The van der Waals surface area contributed by atoms with Crippen LogP contribution in [0.4, 0.5) is 0 Å². The fraction of sp³-hybridized carbons (Fsp3) is 0.429. The van der Waals surface area contributed by atoms with Gasteiger partial charge in [-0.15, -0.1) is 15.3 Å². The molecule has 0 aliphatic heterocycles. The van der Waals surface area contributed by atoms with Gasteiger partial charge in [-0.1, -0.05) is 57.9 Å². The number of nitrogens with zero attached hydrogens (tertiary/aromatic N) is 4. The highest BCUT2D eigenvalue weighted by Gasteiger charge is 2.09. The zero-order valence-electron chi connectivity index (χ0n) is 8.21. The molecule has 0 spiro atoms. The first kappa shape index (κ1) is 12.6. The predicted molar refractivity (Wildman–Crippen MR) is 70.8 cm³/mol. The molecule has 0 N–H and O–H groups in total. The van der Waals surface area contributed by atoms with Gasteiger partial charge in [0.05, 0.1) is 0 Å². The van der Waals surface area contributed by atoms with Gasteiger partial charge < -0.3 is 0 Å². The smallest absolute Gasteiger partial charge is 0.141 e. The van der Waals surface area contributed by atoms with E-state index in [1.807, 2.05) is 0 Å². The van der Waals surface area contributed by atoms with Crippen molar-refractivity contribution in [3.63, 3.8) is 0 Å². The number of hydrogen-bond acceptors (Lipinski definition) is 8. The lowest BCUT2D eigenvalue weighted by Gasteiger charge is -1.91. The lowest BCUT2D eigenvalue weighted by molar-refractivity contribution is 0.953. The van der Waals surface area contributed by atoms with Gasteiger partial charge in [0, 0.05) is 17.3 Å². The monoisotopic (exact) mass is 310 g/mol. The van der Waals surface area contributed by atoms with Gasteiger partial charge in [0.1, 0.15) is 10.0 Å². The van der Waals surface area contributed by atoms with Gasteiger partial charge in [0.2, 0.25) is 0 Å². The number of halogens is 1. The molecule has 0 aliphatic carbocycles. The topological polar surface area (TPSA) is 51.6 Å². The van der Waals surface area contributed by atoms with E-state index in [4.69, 9.17) is 11.6 Å². The third-order valence-electron chi connectivity index (χ3n) is 1.50. The molecule has 2 aromatic heterocycles. The van der Waals surface area contributed by atoms with Crippen LogP contribution >= 0.6 is 58.0 Å².